The summed E-state index contributed by atoms with van der Waals surface area (Å²) in [6.45, 7) is 11.7. The average molecular weight is 443 g/mol. The summed E-state index contributed by atoms with van der Waals surface area (Å²) in [5.41, 5.74) is 2.20. The molecule has 2 aliphatic heterocycles. The highest BCUT2D eigenvalue weighted by molar-refractivity contribution is 7.14. The van der Waals surface area contributed by atoms with Crippen LogP contribution in [0.1, 0.15) is 11.4 Å². The maximum Gasteiger partial charge on any atom is 0.227 e. The van der Waals surface area contributed by atoms with E-state index in [2.05, 4.69) is 52.2 Å². The van der Waals surface area contributed by atoms with Gasteiger partial charge in [-0.2, -0.15) is 4.98 Å². The van der Waals surface area contributed by atoms with E-state index in [0.717, 1.165) is 85.8 Å². The molecule has 5 heterocycles. The second-order valence-corrected chi connectivity index (χ2v) is 9.38. The van der Waals surface area contributed by atoms with Gasteiger partial charge in [-0.1, -0.05) is 0 Å². The lowest BCUT2D eigenvalue weighted by atomic mass is 10.3. The summed E-state index contributed by atoms with van der Waals surface area (Å²) in [5.74, 6) is 1.85. The lowest BCUT2D eigenvalue weighted by Crippen LogP contribution is -2.48. The summed E-state index contributed by atoms with van der Waals surface area (Å²) in [5, 5.41) is 6.48. The van der Waals surface area contributed by atoms with E-state index >= 15 is 0 Å². The molecule has 0 radical (unpaired) electrons. The Morgan fingerprint density at radius 1 is 0.667 bits per heavy atom. The highest BCUT2D eigenvalue weighted by Gasteiger charge is 2.23. The standard InChI is InChI=1S/C20H26N8S2/c1-15-13-29-19(22-15)27-9-5-25(6-10-27)17-3-4-21-18(24-17)26-7-11-28(12-8-26)20-23-16(2)14-30-20/h3-4,13-14H,5-12H2,1-2H3. The average Bonchev–Trinajstić information content (AvgIpc) is 3.42. The monoisotopic (exact) mass is 442 g/mol. The van der Waals surface area contributed by atoms with Crippen LogP contribution in [0.15, 0.2) is 23.0 Å². The van der Waals surface area contributed by atoms with E-state index in [1.807, 2.05) is 19.2 Å². The molecule has 0 bridgehead atoms. The van der Waals surface area contributed by atoms with Crippen LogP contribution < -0.4 is 19.6 Å². The van der Waals surface area contributed by atoms with Crippen molar-refractivity contribution in [3.63, 3.8) is 0 Å². The minimum absolute atomic E-state index is 0.834. The fourth-order valence-corrected chi connectivity index (χ4v) is 5.58. The van der Waals surface area contributed by atoms with Gasteiger partial charge in [0, 0.05) is 69.3 Å². The van der Waals surface area contributed by atoms with E-state index in [-0.39, 0.29) is 0 Å². The summed E-state index contributed by atoms with van der Waals surface area (Å²) < 4.78 is 0. The van der Waals surface area contributed by atoms with E-state index in [1.54, 1.807) is 22.7 Å². The van der Waals surface area contributed by atoms with Crippen LogP contribution in [-0.2, 0) is 0 Å². The van der Waals surface area contributed by atoms with Gasteiger partial charge >= 0.3 is 0 Å². The highest BCUT2D eigenvalue weighted by atomic mass is 32.1. The quantitative estimate of drug-likeness (QED) is 0.611. The van der Waals surface area contributed by atoms with Gasteiger partial charge in [-0.05, 0) is 19.9 Å². The van der Waals surface area contributed by atoms with Crippen LogP contribution in [0.4, 0.5) is 22.0 Å². The second kappa shape index (κ2) is 8.35. The molecule has 0 spiro atoms. The third-order valence-electron chi connectivity index (χ3n) is 5.55. The maximum absolute atomic E-state index is 4.90. The van der Waals surface area contributed by atoms with Gasteiger partial charge in [-0.3, -0.25) is 0 Å². The van der Waals surface area contributed by atoms with Gasteiger partial charge in [-0.15, -0.1) is 22.7 Å². The number of anilines is 4. The number of hydrogen-bond donors (Lipinski definition) is 0. The van der Waals surface area contributed by atoms with E-state index in [1.165, 1.54) is 0 Å². The SMILES string of the molecule is Cc1csc(N2CCN(c3ccnc(N4CCN(c5nc(C)cs5)CC4)n3)CC2)n1. The van der Waals surface area contributed by atoms with Gasteiger partial charge < -0.3 is 19.6 Å². The van der Waals surface area contributed by atoms with Crippen molar-refractivity contribution in [3.05, 3.63) is 34.4 Å². The van der Waals surface area contributed by atoms with Crippen molar-refractivity contribution in [2.45, 2.75) is 13.8 Å². The van der Waals surface area contributed by atoms with Crippen molar-refractivity contribution in [2.24, 2.45) is 0 Å². The second-order valence-electron chi connectivity index (χ2n) is 7.71. The molecule has 0 aliphatic carbocycles. The van der Waals surface area contributed by atoms with Gasteiger partial charge in [0.1, 0.15) is 5.82 Å². The zero-order valence-electron chi connectivity index (χ0n) is 17.4. The molecular weight excluding hydrogens is 416 g/mol. The van der Waals surface area contributed by atoms with E-state index in [9.17, 15) is 0 Å². The molecule has 2 fully saturated rings. The van der Waals surface area contributed by atoms with Crippen LogP contribution in [0.2, 0.25) is 0 Å². The molecule has 3 aromatic heterocycles. The predicted octanol–water partition coefficient (Wildman–Crippen LogP) is 2.66. The van der Waals surface area contributed by atoms with Gasteiger partial charge in [0.15, 0.2) is 10.3 Å². The van der Waals surface area contributed by atoms with Gasteiger partial charge in [-0.25, -0.2) is 15.0 Å². The van der Waals surface area contributed by atoms with E-state index < -0.39 is 0 Å². The summed E-state index contributed by atoms with van der Waals surface area (Å²) >= 11 is 3.46. The Kier molecular flexibility index (Phi) is 5.43. The maximum atomic E-state index is 4.90. The molecule has 10 heteroatoms. The molecule has 8 nitrogen and oxygen atoms in total. The van der Waals surface area contributed by atoms with Gasteiger partial charge in [0.2, 0.25) is 5.95 Å². The fourth-order valence-electron chi connectivity index (χ4n) is 3.87. The molecular formula is C20H26N8S2. The molecule has 158 valence electrons. The van der Waals surface area contributed by atoms with Crippen molar-refractivity contribution < 1.29 is 0 Å². The number of piperazine rings is 2. The molecule has 0 aromatic carbocycles. The topological polar surface area (TPSA) is 64.5 Å². The molecule has 30 heavy (non-hydrogen) atoms. The highest BCUT2D eigenvalue weighted by Crippen LogP contribution is 2.25. The van der Waals surface area contributed by atoms with Crippen molar-refractivity contribution in [2.75, 3.05) is 72.0 Å². The Balaban J connectivity index is 1.20. The number of nitrogens with zero attached hydrogens (tertiary/aromatic N) is 8. The number of rotatable bonds is 4. The fraction of sp³-hybridized carbons (Fsp3) is 0.500. The first-order valence-corrected chi connectivity index (χ1v) is 12.1. The van der Waals surface area contributed by atoms with Gasteiger partial charge in [0.25, 0.3) is 0 Å². The number of aromatic nitrogens is 4. The molecule has 2 saturated heterocycles. The van der Waals surface area contributed by atoms with Crippen molar-refractivity contribution in [1.82, 2.24) is 19.9 Å². The molecule has 0 unspecified atom stereocenters. The molecule has 5 rings (SSSR count). The normalized spacial score (nSPS) is 17.7. The van der Waals surface area contributed by atoms with E-state index in [4.69, 9.17) is 4.98 Å². The molecule has 3 aromatic rings. The lowest BCUT2D eigenvalue weighted by Gasteiger charge is -2.36. The van der Waals surface area contributed by atoms with Gasteiger partial charge in [0.05, 0.1) is 11.4 Å². The third kappa shape index (κ3) is 4.06. The van der Waals surface area contributed by atoms with Crippen LogP contribution in [0.5, 0.6) is 0 Å². The number of thiazole rings is 2. The third-order valence-corrected chi connectivity index (χ3v) is 7.59. The van der Waals surface area contributed by atoms with Crippen LogP contribution in [0, 0.1) is 13.8 Å². The van der Waals surface area contributed by atoms with Crippen molar-refractivity contribution >= 4 is 44.7 Å². The predicted molar refractivity (Wildman–Crippen MR) is 125 cm³/mol. The minimum atomic E-state index is 0.834. The summed E-state index contributed by atoms with van der Waals surface area (Å²) in [4.78, 5) is 28.1. The first-order valence-electron chi connectivity index (χ1n) is 10.3. The Morgan fingerprint density at radius 2 is 1.17 bits per heavy atom. The lowest BCUT2D eigenvalue weighted by molar-refractivity contribution is 0.629. The van der Waals surface area contributed by atoms with Crippen LogP contribution >= 0.6 is 22.7 Å². The largest absolute Gasteiger partial charge is 0.353 e. The molecule has 0 amide bonds. The Morgan fingerprint density at radius 3 is 1.67 bits per heavy atom. The smallest absolute Gasteiger partial charge is 0.227 e. The summed E-state index contributed by atoms with van der Waals surface area (Å²) in [7, 11) is 0. The van der Waals surface area contributed by atoms with Crippen LogP contribution in [-0.4, -0.2) is 72.3 Å². The van der Waals surface area contributed by atoms with Crippen molar-refractivity contribution in [3.8, 4) is 0 Å². The number of aryl methyl sites for hydroxylation is 2. The summed E-state index contributed by atoms with van der Waals surface area (Å²) in [6.07, 6.45) is 1.89. The Bertz CT molecular complexity index is 911. The molecule has 0 N–H and O–H groups in total. The Labute approximate surface area is 184 Å². The molecule has 2 aliphatic rings. The zero-order valence-corrected chi connectivity index (χ0v) is 19.0. The van der Waals surface area contributed by atoms with Crippen LogP contribution in [0.25, 0.3) is 0 Å². The number of hydrogen-bond acceptors (Lipinski definition) is 10. The Hall–Kier alpha value is -2.46. The van der Waals surface area contributed by atoms with E-state index in [0.29, 0.717) is 0 Å². The minimum Gasteiger partial charge on any atom is -0.353 e. The first kappa shape index (κ1) is 19.5. The summed E-state index contributed by atoms with van der Waals surface area (Å²) in [6, 6.07) is 2.03. The zero-order chi connectivity index (χ0) is 20.5. The molecule has 0 saturated carbocycles. The molecule has 0 atom stereocenters. The first-order chi connectivity index (χ1) is 14.7. The van der Waals surface area contributed by atoms with Crippen LogP contribution in [0.3, 0.4) is 0 Å². The van der Waals surface area contributed by atoms with Crippen molar-refractivity contribution in [1.29, 1.82) is 0 Å².